The molecule has 3 heteroatoms. The molecule has 0 fully saturated rings. The molecule has 1 aromatic heterocycles. The molecule has 0 saturated heterocycles. The smallest absolute Gasteiger partial charge is 0.137 e. The van der Waals surface area contributed by atoms with Gasteiger partial charge in [0.1, 0.15) is 6.17 Å². The van der Waals surface area contributed by atoms with E-state index in [2.05, 4.69) is 4.98 Å². The molecule has 0 amide bonds. The molecule has 0 aliphatic carbocycles. The number of nitrogens with one attached hydrogen (secondary N) is 1. The Kier molecular flexibility index (Phi) is 1.72. The fourth-order valence-corrected chi connectivity index (χ4v) is 1.41. The van der Waals surface area contributed by atoms with Gasteiger partial charge in [-0.3, -0.25) is 0 Å². The Morgan fingerprint density at radius 3 is 2.85 bits per heavy atom. The molecule has 0 saturated carbocycles. The van der Waals surface area contributed by atoms with Crippen LogP contribution in [0.4, 0.5) is 10.1 Å². The number of halogens is 1. The van der Waals surface area contributed by atoms with Crippen molar-refractivity contribution in [1.29, 1.82) is 0 Å². The highest BCUT2D eigenvalue weighted by Gasteiger charge is 2.07. The summed E-state index contributed by atoms with van der Waals surface area (Å²) in [6.45, 7) is 1.50. The van der Waals surface area contributed by atoms with Crippen LogP contribution in [-0.4, -0.2) is 4.98 Å². The molecule has 0 radical (unpaired) electrons. The van der Waals surface area contributed by atoms with Gasteiger partial charge in [0.15, 0.2) is 0 Å². The number of anilines is 1. The number of benzene rings is 1. The van der Waals surface area contributed by atoms with Crippen molar-refractivity contribution in [2.45, 2.75) is 13.1 Å². The maximum absolute atomic E-state index is 12.9. The topological polar surface area (TPSA) is 41.8 Å². The van der Waals surface area contributed by atoms with Crippen LogP contribution in [-0.2, 0) is 0 Å². The van der Waals surface area contributed by atoms with Crippen molar-refractivity contribution in [2.75, 3.05) is 5.73 Å². The lowest BCUT2D eigenvalue weighted by molar-refractivity contribution is 0.367. The Labute approximate surface area is 75.6 Å². The summed E-state index contributed by atoms with van der Waals surface area (Å²) in [5, 5.41) is 0.891. The third kappa shape index (κ3) is 1.26. The van der Waals surface area contributed by atoms with Crippen molar-refractivity contribution in [3.63, 3.8) is 0 Å². The van der Waals surface area contributed by atoms with Gasteiger partial charge in [0.05, 0.1) is 5.69 Å². The van der Waals surface area contributed by atoms with Gasteiger partial charge < -0.3 is 10.7 Å². The number of hydrogen-bond acceptors (Lipinski definition) is 1. The van der Waals surface area contributed by atoms with Crippen molar-refractivity contribution >= 4 is 16.6 Å². The van der Waals surface area contributed by atoms with Crippen molar-refractivity contribution in [2.24, 2.45) is 0 Å². The van der Waals surface area contributed by atoms with E-state index in [1.807, 2.05) is 18.2 Å². The van der Waals surface area contributed by atoms with Crippen LogP contribution in [0.3, 0.4) is 0 Å². The van der Waals surface area contributed by atoms with Gasteiger partial charge in [-0.2, -0.15) is 0 Å². The summed E-state index contributed by atoms with van der Waals surface area (Å²) in [7, 11) is 0. The molecule has 3 N–H and O–H groups in total. The summed E-state index contributed by atoms with van der Waals surface area (Å²) in [6, 6.07) is 7.30. The number of fused-ring (bicyclic) bond motifs is 1. The molecule has 1 atom stereocenters. The summed E-state index contributed by atoms with van der Waals surface area (Å²) in [6.07, 6.45) is -0.980. The molecule has 13 heavy (non-hydrogen) atoms. The van der Waals surface area contributed by atoms with Gasteiger partial charge in [-0.25, -0.2) is 4.39 Å². The van der Waals surface area contributed by atoms with E-state index < -0.39 is 6.17 Å². The van der Waals surface area contributed by atoms with Crippen LogP contribution in [0, 0.1) is 0 Å². The number of aromatic amines is 1. The lowest BCUT2D eigenvalue weighted by Gasteiger charge is -1.93. The maximum Gasteiger partial charge on any atom is 0.137 e. The summed E-state index contributed by atoms with van der Waals surface area (Å²) in [4.78, 5) is 2.98. The molecule has 0 spiro atoms. The Morgan fingerprint density at radius 2 is 2.23 bits per heavy atom. The average molecular weight is 178 g/mol. The lowest BCUT2D eigenvalue weighted by atomic mass is 10.2. The summed E-state index contributed by atoms with van der Waals surface area (Å²) < 4.78 is 12.9. The van der Waals surface area contributed by atoms with Gasteiger partial charge in [0.25, 0.3) is 0 Å². The van der Waals surface area contributed by atoms with Crippen molar-refractivity contribution in [3.8, 4) is 0 Å². The Hall–Kier alpha value is -1.51. The molecule has 1 unspecified atom stereocenters. The third-order valence-electron chi connectivity index (χ3n) is 2.15. The number of aromatic nitrogens is 1. The third-order valence-corrected chi connectivity index (χ3v) is 2.15. The monoisotopic (exact) mass is 178 g/mol. The normalized spacial score (nSPS) is 13.4. The van der Waals surface area contributed by atoms with Crippen molar-refractivity contribution in [3.05, 3.63) is 30.0 Å². The number of nitrogen functional groups attached to an aromatic ring is 1. The van der Waals surface area contributed by atoms with Gasteiger partial charge >= 0.3 is 0 Å². The van der Waals surface area contributed by atoms with Crippen molar-refractivity contribution in [1.82, 2.24) is 4.98 Å². The zero-order valence-corrected chi connectivity index (χ0v) is 7.34. The second kappa shape index (κ2) is 2.76. The fourth-order valence-electron chi connectivity index (χ4n) is 1.41. The minimum Gasteiger partial charge on any atom is -0.398 e. The highest BCUT2D eigenvalue weighted by Crippen LogP contribution is 2.25. The van der Waals surface area contributed by atoms with Crippen LogP contribution >= 0.6 is 0 Å². The van der Waals surface area contributed by atoms with E-state index in [1.54, 1.807) is 6.07 Å². The second-order valence-electron chi connectivity index (χ2n) is 3.15. The first kappa shape index (κ1) is 8.10. The average Bonchev–Trinajstić information content (AvgIpc) is 2.49. The van der Waals surface area contributed by atoms with Crippen LogP contribution < -0.4 is 5.73 Å². The van der Waals surface area contributed by atoms with E-state index in [4.69, 9.17) is 5.73 Å². The van der Waals surface area contributed by atoms with Gasteiger partial charge in [-0.1, -0.05) is 6.07 Å². The first-order chi connectivity index (χ1) is 6.18. The SMILES string of the molecule is CC(F)c1cc2c(N)cccc2[nH]1. The van der Waals surface area contributed by atoms with Gasteiger partial charge in [-0.05, 0) is 25.1 Å². The number of H-pyrrole nitrogens is 1. The number of hydrogen-bond donors (Lipinski definition) is 2. The maximum atomic E-state index is 12.9. The van der Waals surface area contributed by atoms with Crippen LogP contribution in [0.15, 0.2) is 24.3 Å². The molecule has 0 aliphatic heterocycles. The molecule has 2 aromatic rings. The predicted molar refractivity (Wildman–Crippen MR) is 52.2 cm³/mol. The van der Waals surface area contributed by atoms with Crippen molar-refractivity contribution < 1.29 is 4.39 Å². The first-order valence-electron chi connectivity index (χ1n) is 4.19. The number of alkyl halides is 1. The molecular formula is C10H11FN2. The fraction of sp³-hybridized carbons (Fsp3) is 0.200. The summed E-state index contributed by atoms with van der Waals surface area (Å²) in [5.74, 6) is 0. The minimum atomic E-state index is -0.980. The zero-order chi connectivity index (χ0) is 9.42. The Bertz CT molecular complexity index is 431. The Morgan fingerprint density at radius 1 is 1.46 bits per heavy atom. The van der Waals surface area contributed by atoms with E-state index in [1.165, 1.54) is 6.92 Å². The number of rotatable bonds is 1. The highest BCUT2D eigenvalue weighted by atomic mass is 19.1. The van der Waals surface area contributed by atoms with E-state index in [0.29, 0.717) is 11.4 Å². The van der Waals surface area contributed by atoms with Gasteiger partial charge in [0.2, 0.25) is 0 Å². The molecule has 1 heterocycles. The minimum absolute atomic E-state index is 0.577. The summed E-state index contributed by atoms with van der Waals surface area (Å²) in [5.41, 5.74) is 7.87. The van der Waals surface area contributed by atoms with Crippen LogP contribution in [0.1, 0.15) is 18.8 Å². The zero-order valence-electron chi connectivity index (χ0n) is 7.34. The predicted octanol–water partition coefficient (Wildman–Crippen LogP) is 2.78. The quantitative estimate of drug-likeness (QED) is 0.648. The summed E-state index contributed by atoms with van der Waals surface area (Å²) >= 11 is 0. The van der Waals surface area contributed by atoms with Crippen LogP contribution in [0.5, 0.6) is 0 Å². The molecule has 1 aromatic carbocycles. The van der Waals surface area contributed by atoms with E-state index in [9.17, 15) is 4.39 Å². The van der Waals surface area contributed by atoms with Crippen LogP contribution in [0.25, 0.3) is 10.9 Å². The molecule has 2 rings (SSSR count). The van der Waals surface area contributed by atoms with E-state index >= 15 is 0 Å². The highest BCUT2D eigenvalue weighted by molar-refractivity contribution is 5.91. The molecule has 0 bridgehead atoms. The largest absolute Gasteiger partial charge is 0.398 e. The first-order valence-corrected chi connectivity index (χ1v) is 4.19. The second-order valence-corrected chi connectivity index (χ2v) is 3.15. The van der Waals surface area contributed by atoms with Gasteiger partial charge in [0, 0.05) is 16.6 Å². The standard InChI is InChI=1S/C10H11FN2/c1-6(11)10-5-7-8(12)3-2-4-9(7)13-10/h2-6,13H,12H2,1H3. The molecular weight excluding hydrogens is 167 g/mol. The van der Waals surface area contributed by atoms with Gasteiger partial charge in [-0.15, -0.1) is 0 Å². The molecule has 68 valence electrons. The Balaban J connectivity index is 2.68. The van der Waals surface area contributed by atoms with E-state index in [-0.39, 0.29) is 0 Å². The van der Waals surface area contributed by atoms with E-state index in [0.717, 1.165) is 10.9 Å². The molecule has 0 aliphatic rings. The number of nitrogens with two attached hydrogens (primary N) is 1. The lowest BCUT2D eigenvalue weighted by Crippen LogP contribution is -1.82. The van der Waals surface area contributed by atoms with Crippen LogP contribution in [0.2, 0.25) is 0 Å². The molecule has 2 nitrogen and oxygen atoms in total.